The molecule has 3 heterocycles. The zero-order valence-corrected chi connectivity index (χ0v) is 23.3. The number of carbonyl (C=O) groups excluding carboxylic acids is 2. The molecular formula is C28H50FN5O4. The molecule has 0 aromatic heterocycles. The molecule has 2 bridgehead atoms. The minimum Gasteiger partial charge on any atom is -0.469 e. The van der Waals surface area contributed by atoms with E-state index >= 15 is 0 Å². The van der Waals surface area contributed by atoms with Gasteiger partial charge in [-0.15, -0.1) is 0 Å². The third-order valence-electron chi connectivity index (χ3n) is 9.89. The van der Waals surface area contributed by atoms with Crippen molar-refractivity contribution in [3.05, 3.63) is 0 Å². The fourth-order valence-electron chi connectivity index (χ4n) is 7.49. The van der Waals surface area contributed by atoms with Gasteiger partial charge in [0.15, 0.2) is 0 Å². The van der Waals surface area contributed by atoms with Crippen LogP contribution in [-0.4, -0.2) is 86.7 Å². The summed E-state index contributed by atoms with van der Waals surface area (Å²) in [6.07, 6.45) is 7.42. The number of hydrogen-bond acceptors (Lipinski definition) is 8. The Morgan fingerprint density at radius 1 is 1.16 bits per heavy atom. The van der Waals surface area contributed by atoms with Crippen LogP contribution >= 0.6 is 0 Å². The lowest BCUT2D eigenvalue weighted by Gasteiger charge is -2.44. The second-order valence-electron chi connectivity index (χ2n) is 12.2. The third-order valence-corrected chi connectivity index (χ3v) is 9.89. The van der Waals surface area contributed by atoms with E-state index in [2.05, 4.69) is 22.5 Å². The van der Waals surface area contributed by atoms with Crippen molar-refractivity contribution in [3.8, 4) is 0 Å². The molecule has 0 radical (unpaired) electrons. The number of fused-ring (bicyclic) bond motifs is 3. The van der Waals surface area contributed by atoms with Gasteiger partial charge in [0.1, 0.15) is 6.17 Å². The maximum absolute atomic E-state index is 14.9. The predicted octanol–water partition coefficient (Wildman–Crippen LogP) is 1.82. The maximum Gasteiger partial charge on any atom is 0.308 e. The number of esters is 1. The van der Waals surface area contributed by atoms with Crippen LogP contribution in [0.25, 0.3) is 0 Å². The highest BCUT2D eigenvalue weighted by Crippen LogP contribution is 2.45. The third kappa shape index (κ3) is 7.05. The van der Waals surface area contributed by atoms with E-state index in [1.165, 1.54) is 7.11 Å². The SMILES string of the molecule is CCC12CCCN(CC(F)CC1)C(C(C(=O)NC1CNCCC1O[C@H]1CC[C@H](C(=O)OC)CC1)C(N)N)C2. The molecule has 9 nitrogen and oxygen atoms in total. The molecule has 218 valence electrons. The molecule has 3 saturated heterocycles. The van der Waals surface area contributed by atoms with Crippen LogP contribution in [-0.2, 0) is 19.1 Å². The van der Waals surface area contributed by atoms with Crippen LogP contribution in [0.1, 0.15) is 77.6 Å². The summed E-state index contributed by atoms with van der Waals surface area (Å²) in [4.78, 5) is 27.9. The van der Waals surface area contributed by atoms with Crippen molar-refractivity contribution in [2.75, 3.05) is 33.3 Å². The minimum atomic E-state index is -0.894. The van der Waals surface area contributed by atoms with Gasteiger partial charge in [0, 0.05) is 19.1 Å². The first-order valence-electron chi connectivity index (χ1n) is 14.9. The lowest BCUT2D eigenvalue weighted by Crippen LogP contribution is -2.62. The quantitative estimate of drug-likeness (QED) is 0.271. The number of amides is 1. The summed E-state index contributed by atoms with van der Waals surface area (Å²) in [5.74, 6) is -0.973. The van der Waals surface area contributed by atoms with Crippen molar-refractivity contribution in [2.45, 2.75) is 114 Å². The molecule has 0 aromatic carbocycles. The van der Waals surface area contributed by atoms with Gasteiger partial charge in [0.2, 0.25) is 5.91 Å². The van der Waals surface area contributed by atoms with Crippen LogP contribution in [0.15, 0.2) is 0 Å². The molecule has 0 aromatic rings. The highest BCUT2D eigenvalue weighted by atomic mass is 19.1. The number of nitrogens with two attached hydrogens (primary N) is 2. The lowest BCUT2D eigenvalue weighted by molar-refractivity contribution is -0.148. The molecule has 7 atom stereocenters. The van der Waals surface area contributed by atoms with E-state index in [0.717, 1.165) is 77.3 Å². The Morgan fingerprint density at radius 2 is 1.92 bits per heavy atom. The molecule has 38 heavy (non-hydrogen) atoms. The summed E-state index contributed by atoms with van der Waals surface area (Å²) < 4.78 is 26.3. The number of ether oxygens (including phenoxy) is 2. The molecule has 10 heteroatoms. The lowest BCUT2D eigenvalue weighted by atomic mass is 9.70. The highest BCUT2D eigenvalue weighted by molar-refractivity contribution is 5.80. The number of hydrogen-bond donors (Lipinski definition) is 4. The number of rotatable bonds is 8. The van der Waals surface area contributed by atoms with E-state index in [-0.39, 0.29) is 47.5 Å². The maximum atomic E-state index is 14.9. The zero-order valence-electron chi connectivity index (χ0n) is 23.3. The Bertz CT molecular complexity index is 795. The Labute approximate surface area is 227 Å². The molecule has 1 saturated carbocycles. The number of nitrogens with zero attached hydrogens (tertiary/aromatic N) is 1. The Morgan fingerprint density at radius 3 is 2.61 bits per heavy atom. The molecule has 4 fully saturated rings. The van der Waals surface area contributed by atoms with Crippen LogP contribution < -0.4 is 22.1 Å². The molecule has 0 spiro atoms. The average Bonchev–Trinajstić information content (AvgIpc) is 3.02. The first-order valence-corrected chi connectivity index (χ1v) is 14.9. The number of alkyl halides is 1. The summed E-state index contributed by atoms with van der Waals surface area (Å²) in [6.45, 7) is 4.73. The molecule has 1 amide bonds. The van der Waals surface area contributed by atoms with Crippen molar-refractivity contribution in [1.29, 1.82) is 0 Å². The highest BCUT2D eigenvalue weighted by Gasteiger charge is 2.46. The topological polar surface area (TPSA) is 132 Å². The normalized spacial score (nSPS) is 39.1. The van der Waals surface area contributed by atoms with Crippen LogP contribution in [0.4, 0.5) is 4.39 Å². The van der Waals surface area contributed by atoms with Gasteiger partial charge in [0.05, 0.1) is 43.4 Å². The fourth-order valence-corrected chi connectivity index (χ4v) is 7.49. The summed E-state index contributed by atoms with van der Waals surface area (Å²) in [5.41, 5.74) is 12.6. The van der Waals surface area contributed by atoms with Crippen molar-refractivity contribution >= 4 is 11.9 Å². The van der Waals surface area contributed by atoms with E-state index < -0.39 is 18.3 Å². The van der Waals surface area contributed by atoms with E-state index in [0.29, 0.717) is 19.5 Å². The first kappa shape index (κ1) is 29.6. The molecule has 4 aliphatic rings. The van der Waals surface area contributed by atoms with E-state index in [4.69, 9.17) is 20.9 Å². The van der Waals surface area contributed by atoms with Gasteiger partial charge in [-0.2, -0.15) is 0 Å². The molecular weight excluding hydrogens is 489 g/mol. The number of piperidine rings is 1. The number of halogens is 1. The molecule has 4 rings (SSSR count). The zero-order chi connectivity index (χ0) is 27.3. The van der Waals surface area contributed by atoms with Crippen LogP contribution in [0.3, 0.4) is 0 Å². The standard InChI is InChI=1S/C28H50FN5O4/c1-3-28-11-4-14-34(17-19(29)9-12-28)22(15-28)24(25(30)31)26(35)33-21-16-32-13-10-23(21)38-20-7-5-18(6-8-20)27(36)37-2/h18-25,32H,3-17,30-31H2,1-2H3,(H,33,35)/t18-,19?,20-,21?,22?,23?,24?,28?. The van der Waals surface area contributed by atoms with Gasteiger partial charge in [0.25, 0.3) is 0 Å². The Hall–Kier alpha value is -1.33. The van der Waals surface area contributed by atoms with Gasteiger partial charge in [-0.1, -0.05) is 13.3 Å². The van der Waals surface area contributed by atoms with Crippen LogP contribution in [0.5, 0.6) is 0 Å². The second kappa shape index (κ2) is 13.4. The first-order chi connectivity index (χ1) is 18.2. The summed E-state index contributed by atoms with van der Waals surface area (Å²) >= 11 is 0. The fraction of sp³-hybridized carbons (Fsp3) is 0.929. The molecule has 7 unspecified atom stereocenters. The Kier molecular flexibility index (Phi) is 10.4. The average molecular weight is 540 g/mol. The number of nitrogens with one attached hydrogen (secondary N) is 2. The monoisotopic (exact) mass is 539 g/mol. The van der Waals surface area contributed by atoms with E-state index in [1.54, 1.807) is 0 Å². The molecule has 3 aliphatic heterocycles. The smallest absolute Gasteiger partial charge is 0.308 e. The van der Waals surface area contributed by atoms with Gasteiger partial charge in [-0.25, -0.2) is 4.39 Å². The summed E-state index contributed by atoms with van der Waals surface area (Å²) in [5, 5.41) is 6.63. The van der Waals surface area contributed by atoms with Crippen molar-refractivity contribution in [3.63, 3.8) is 0 Å². The summed E-state index contributed by atoms with van der Waals surface area (Å²) in [6, 6.07) is -0.381. The van der Waals surface area contributed by atoms with Crippen LogP contribution in [0.2, 0.25) is 0 Å². The minimum absolute atomic E-state index is 0.0265. The van der Waals surface area contributed by atoms with Gasteiger partial charge in [-0.3, -0.25) is 14.5 Å². The predicted molar refractivity (Wildman–Crippen MR) is 144 cm³/mol. The van der Waals surface area contributed by atoms with Gasteiger partial charge in [-0.05, 0) is 82.7 Å². The van der Waals surface area contributed by atoms with Crippen LogP contribution in [0, 0.1) is 17.3 Å². The number of methoxy groups -OCH3 is 1. The Balaban J connectivity index is 1.44. The summed E-state index contributed by atoms with van der Waals surface area (Å²) in [7, 11) is 1.44. The second-order valence-corrected chi connectivity index (χ2v) is 12.2. The van der Waals surface area contributed by atoms with E-state index in [1.807, 2.05) is 0 Å². The van der Waals surface area contributed by atoms with Crippen molar-refractivity contribution in [2.24, 2.45) is 28.7 Å². The largest absolute Gasteiger partial charge is 0.469 e. The van der Waals surface area contributed by atoms with Crippen molar-refractivity contribution < 1.29 is 23.5 Å². The van der Waals surface area contributed by atoms with E-state index in [9.17, 15) is 14.0 Å². The van der Waals surface area contributed by atoms with Crippen molar-refractivity contribution in [1.82, 2.24) is 15.5 Å². The molecule has 1 aliphatic carbocycles. The number of carbonyl (C=O) groups is 2. The molecule has 6 N–H and O–H groups in total. The van der Waals surface area contributed by atoms with Gasteiger partial charge < -0.3 is 31.6 Å². The van der Waals surface area contributed by atoms with Gasteiger partial charge >= 0.3 is 5.97 Å².